The molecule has 0 atom stereocenters. The van der Waals surface area contributed by atoms with Crippen LogP contribution in [0, 0.1) is 13.8 Å². The standard InChI is InChI=1S/C14H20N4/c1-10-12(11(2)17-16-10)9-15-13-7-5-6-8-14(13)18(3)4/h5-8,15H,9H2,1-4H3,(H,16,17). The van der Waals surface area contributed by atoms with Crippen molar-refractivity contribution in [3.63, 3.8) is 0 Å². The number of nitrogens with zero attached hydrogens (tertiary/aromatic N) is 2. The van der Waals surface area contributed by atoms with E-state index in [0.29, 0.717) is 0 Å². The molecule has 1 aromatic carbocycles. The van der Waals surface area contributed by atoms with Crippen LogP contribution in [0.2, 0.25) is 0 Å². The molecular formula is C14H20N4. The molecule has 0 amide bonds. The molecule has 1 heterocycles. The molecule has 2 N–H and O–H groups in total. The Kier molecular flexibility index (Phi) is 3.55. The number of aryl methyl sites for hydroxylation is 2. The second kappa shape index (κ2) is 5.12. The second-order valence-corrected chi connectivity index (χ2v) is 4.68. The van der Waals surface area contributed by atoms with Crippen LogP contribution in [0.15, 0.2) is 24.3 Å². The van der Waals surface area contributed by atoms with Gasteiger partial charge >= 0.3 is 0 Å². The van der Waals surface area contributed by atoms with Gasteiger partial charge in [-0.15, -0.1) is 0 Å². The van der Waals surface area contributed by atoms with E-state index in [9.17, 15) is 0 Å². The Labute approximate surface area is 108 Å². The summed E-state index contributed by atoms with van der Waals surface area (Å²) in [4.78, 5) is 2.11. The predicted molar refractivity (Wildman–Crippen MR) is 76.2 cm³/mol. The Balaban J connectivity index is 2.16. The maximum absolute atomic E-state index is 4.21. The van der Waals surface area contributed by atoms with Crippen LogP contribution in [0.1, 0.15) is 17.0 Å². The number of anilines is 2. The molecule has 0 aliphatic carbocycles. The molecule has 2 aromatic rings. The number of H-pyrrole nitrogens is 1. The number of nitrogens with one attached hydrogen (secondary N) is 2. The van der Waals surface area contributed by atoms with Gasteiger partial charge in [0.15, 0.2) is 0 Å². The largest absolute Gasteiger partial charge is 0.379 e. The van der Waals surface area contributed by atoms with E-state index < -0.39 is 0 Å². The van der Waals surface area contributed by atoms with E-state index >= 15 is 0 Å². The van der Waals surface area contributed by atoms with Crippen molar-refractivity contribution in [3.05, 3.63) is 41.2 Å². The van der Waals surface area contributed by atoms with E-state index in [4.69, 9.17) is 0 Å². The van der Waals surface area contributed by atoms with Crippen molar-refractivity contribution in [3.8, 4) is 0 Å². The van der Waals surface area contributed by atoms with Gasteiger partial charge in [-0.05, 0) is 26.0 Å². The highest BCUT2D eigenvalue weighted by Crippen LogP contribution is 2.24. The molecule has 0 radical (unpaired) electrons. The zero-order valence-corrected chi connectivity index (χ0v) is 11.4. The van der Waals surface area contributed by atoms with E-state index in [0.717, 1.165) is 23.6 Å². The molecule has 0 aliphatic heterocycles. The third-order valence-electron chi connectivity index (χ3n) is 3.12. The Morgan fingerprint density at radius 1 is 1.22 bits per heavy atom. The first-order valence-electron chi connectivity index (χ1n) is 6.10. The minimum Gasteiger partial charge on any atom is -0.379 e. The maximum Gasteiger partial charge on any atom is 0.0643 e. The highest BCUT2D eigenvalue weighted by Gasteiger charge is 2.07. The first-order valence-corrected chi connectivity index (χ1v) is 6.10. The van der Waals surface area contributed by atoms with Gasteiger partial charge in [0.25, 0.3) is 0 Å². The van der Waals surface area contributed by atoms with Crippen molar-refractivity contribution in [2.45, 2.75) is 20.4 Å². The van der Waals surface area contributed by atoms with Crippen LogP contribution in [0.4, 0.5) is 11.4 Å². The number of rotatable bonds is 4. The van der Waals surface area contributed by atoms with Crippen LogP contribution in [-0.2, 0) is 6.54 Å². The molecule has 96 valence electrons. The zero-order chi connectivity index (χ0) is 13.1. The Bertz CT molecular complexity index is 509. The Morgan fingerprint density at radius 2 is 1.94 bits per heavy atom. The Morgan fingerprint density at radius 3 is 2.56 bits per heavy atom. The lowest BCUT2D eigenvalue weighted by molar-refractivity contribution is 1.02. The molecule has 1 aromatic heterocycles. The van der Waals surface area contributed by atoms with Crippen molar-refractivity contribution < 1.29 is 0 Å². The van der Waals surface area contributed by atoms with Crippen LogP contribution in [0.25, 0.3) is 0 Å². The van der Waals surface area contributed by atoms with Gasteiger partial charge in [0.1, 0.15) is 0 Å². The third kappa shape index (κ3) is 2.47. The number of hydrogen-bond donors (Lipinski definition) is 2. The molecule has 0 aliphatic rings. The van der Waals surface area contributed by atoms with Crippen LogP contribution in [0.3, 0.4) is 0 Å². The zero-order valence-electron chi connectivity index (χ0n) is 11.4. The molecule has 0 bridgehead atoms. The van der Waals surface area contributed by atoms with Gasteiger partial charge in [-0.1, -0.05) is 12.1 Å². The molecule has 0 spiro atoms. The fourth-order valence-corrected chi connectivity index (χ4v) is 2.03. The highest BCUT2D eigenvalue weighted by molar-refractivity contribution is 5.69. The van der Waals surface area contributed by atoms with Crippen LogP contribution >= 0.6 is 0 Å². The summed E-state index contributed by atoms with van der Waals surface area (Å²) in [5.41, 5.74) is 5.76. The van der Waals surface area contributed by atoms with Crippen molar-refractivity contribution in [1.29, 1.82) is 0 Å². The number of para-hydroxylation sites is 2. The summed E-state index contributed by atoms with van der Waals surface area (Å²) in [6, 6.07) is 8.30. The van der Waals surface area contributed by atoms with Gasteiger partial charge in [0, 0.05) is 31.9 Å². The van der Waals surface area contributed by atoms with Crippen LogP contribution in [0.5, 0.6) is 0 Å². The summed E-state index contributed by atoms with van der Waals surface area (Å²) in [5, 5.41) is 10.7. The summed E-state index contributed by atoms with van der Waals surface area (Å²) in [7, 11) is 4.10. The number of hydrogen-bond acceptors (Lipinski definition) is 3. The van der Waals surface area contributed by atoms with Crippen LogP contribution in [-0.4, -0.2) is 24.3 Å². The predicted octanol–water partition coefficient (Wildman–Crippen LogP) is 2.70. The minimum absolute atomic E-state index is 0.791. The summed E-state index contributed by atoms with van der Waals surface area (Å²) < 4.78 is 0. The van der Waals surface area contributed by atoms with Gasteiger partial charge in [0.2, 0.25) is 0 Å². The van der Waals surface area contributed by atoms with E-state index in [-0.39, 0.29) is 0 Å². The van der Waals surface area contributed by atoms with E-state index in [2.05, 4.69) is 59.6 Å². The molecule has 0 saturated heterocycles. The van der Waals surface area contributed by atoms with E-state index in [1.807, 2.05) is 13.0 Å². The first kappa shape index (κ1) is 12.5. The normalized spacial score (nSPS) is 10.4. The van der Waals surface area contributed by atoms with Crippen molar-refractivity contribution in [2.75, 3.05) is 24.3 Å². The Hall–Kier alpha value is -1.97. The summed E-state index contributed by atoms with van der Waals surface area (Å²) in [6.07, 6.45) is 0. The van der Waals surface area contributed by atoms with E-state index in [1.54, 1.807) is 0 Å². The fraction of sp³-hybridized carbons (Fsp3) is 0.357. The van der Waals surface area contributed by atoms with Gasteiger partial charge in [-0.3, -0.25) is 5.10 Å². The van der Waals surface area contributed by atoms with Crippen molar-refractivity contribution in [1.82, 2.24) is 10.2 Å². The highest BCUT2D eigenvalue weighted by atomic mass is 15.1. The molecule has 0 unspecified atom stereocenters. The molecule has 4 nitrogen and oxygen atoms in total. The summed E-state index contributed by atoms with van der Waals surface area (Å²) in [6.45, 7) is 4.87. The summed E-state index contributed by atoms with van der Waals surface area (Å²) in [5.74, 6) is 0. The van der Waals surface area contributed by atoms with Crippen molar-refractivity contribution in [2.24, 2.45) is 0 Å². The average Bonchev–Trinajstić information content (AvgIpc) is 2.67. The average molecular weight is 244 g/mol. The molecule has 2 rings (SSSR count). The van der Waals surface area contributed by atoms with Gasteiger partial charge in [-0.2, -0.15) is 5.10 Å². The second-order valence-electron chi connectivity index (χ2n) is 4.68. The number of benzene rings is 1. The fourth-order valence-electron chi connectivity index (χ4n) is 2.03. The topological polar surface area (TPSA) is 44.0 Å². The third-order valence-corrected chi connectivity index (χ3v) is 3.12. The maximum atomic E-state index is 4.21. The summed E-state index contributed by atoms with van der Waals surface area (Å²) >= 11 is 0. The number of aromatic amines is 1. The van der Waals surface area contributed by atoms with Gasteiger partial charge < -0.3 is 10.2 Å². The van der Waals surface area contributed by atoms with Gasteiger partial charge in [0.05, 0.1) is 17.1 Å². The quantitative estimate of drug-likeness (QED) is 0.869. The van der Waals surface area contributed by atoms with Gasteiger partial charge in [-0.25, -0.2) is 0 Å². The molecular weight excluding hydrogens is 224 g/mol. The monoisotopic (exact) mass is 244 g/mol. The molecule has 0 fully saturated rings. The van der Waals surface area contributed by atoms with Crippen LogP contribution < -0.4 is 10.2 Å². The molecule has 0 saturated carbocycles. The molecule has 18 heavy (non-hydrogen) atoms. The lowest BCUT2D eigenvalue weighted by atomic mass is 10.2. The number of aromatic nitrogens is 2. The smallest absolute Gasteiger partial charge is 0.0643 e. The molecule has 4 heteroatoms. The van der Waals surface area contributed by atoms with E-state index in [1.165, 1.54) is 11.3 Å². The first-order chi connectivity index (χ1) is 8.59. The van der Waals surface area contributed by atoms with Crippen molar-refractivity contribution >= 4 is 11.4 Å². The SMILES string of the molecule is Cc1n[nH]c(C)c1CNc1ccccc1N(C)C. The lowest BCUT2D eigenvalue weighted by Crippen LogP contribution is -2.12. The lowest BCUT2D eigenvalue weighted by Gasteiger charge is -2.18. The minimum atomic E-state index is 0.791.